The molecule has 2 heterocycles. The van der Waals surface area contributed by atoms with Crippen molar-refractivity contribution in [1.82, 2.24) is 10.6 Å². The summed E-state index contributed by atoms with van der Waals surface area (Å²) in [6, 6.07) is 3.80. The summed E-state index contributed by atoms with van der Waals surface area (Å²) < 4.78 is 0.762. The van der Waals surface area contributed by atoms with E-state index in [9.17, 15) is 4.79 Å². The van der Waals surface area contributed by atoms with Crippen molar-refractivity contribution in [2.24, 2.45) is 5.41 Å². The van der Waals surface area contributed by atoms with Crippen LogP contribution in [0.2, 0.25) is 4.34 Å². The smallest absolute Gasteiger partial charge is 0.227 e. The Morgan fingerprint density at radius 2 is 2.50 bits per heavy atom. The zero-order valence-electron chi connectivity index (χ0n) is 9.18. The van der Waals surface area contributed by atoms with Crippen LogP contribution >= 0.6 is 22.9 Å². The molecule has 1 aromatic heterocycles. The second kappa shape index (κ2) is 4.73. The Kier molecular flexibility index (Phi) is 3.52. The van der Waals surface area contributed by atoms with Crippen LogP contribution in [0.25, 0.3) is 0 Å². The lowest BCUT2D eigenvalue weighted by molar-refractivity contribution is -0.129. The predicted molar refractivity (Wildman–Crippen MR) is 66.8 cm³/mol. The molecule has 1 aliphatic rings. The summed E-state index contributed by atoms with van der Waals surface area (Å²) in [5.41, 5.74) is -0.249. The number of thiophene rings is 1. The van der Waals surface area contributed by atoms with Gasteiger partial charge in [-0.05, 0) is 32.0 Å². The second-order valence-electron chi connectivity index (χ2n) is 4.38. The Morgan fingerprint density at radius 1 is 1.69 bits per heavy atom. The van der Waals surface area contributed by atoms with Crippen molar-refractivity contribution >= 4 is 28.8 Å². The van der Waals surface area contributed by atoms with Gasteiger partial charge in [0.15, 0.2) is 0 Å². The molecule has 5 heteroatoms. The molecule has 2 rings (SSSR count). The maximum absolute atomic E-state index is 12.0. The van der Waals surface area contributed by atoms with E-state index in [2.05, 4.69) is 10.6 Å². The molecular weight excluding hydrogens is 244 g/mol. The molecule has 0 radical (unpaired) electrons. The van der Waals surface area contributed by atoms with Gasteiger partial charge in [-0.15, -0.1) is 11.3 Å². The van der Waals surface area contributed by atoms with Crippen molar-refractivity contribution in [3.8, 4) is 0 Å². The van der Waals surface area contributed by atoms with Crippen LogP contribution in [0, 0.1) is 5.41 Å². The average molecular weight is 259 g/mol. The molecule has 1 fully saturated rings. The van der Waals surface area contributed by atoms with Crippen LogP contribution in [-0.2, 0) is 11.3 Å². The lowest BCUT2D eigenvalue weighted by atomic mass is 9.89. The van der Waals surface area contributed by atoms with Crippen LogP contribution in [0.4, 0.5) is 0 Å². The van der Waals surface area contributed by atoms with E-state index in [1.54, 1.807) is 0 Å². The molecule has 16 heavy (non-hydrogen) atoms. The van der Waals surface area contributed by atoms with Gasteiger partial charge in [0.05, 0.1) is 16.3 Å². The number of hydrogen-bond donors (Lipinski definition) is 2. The molecule has 3 nitrogen and oxygen atoms in total. The molecular formula is C11H15ClN2OS. The summed E-state index contributed by atoms with van der Waals surface area (Å²) in [5, 5.41) is 6.18. The Morgan fingerprint density at radius 3 is 3.06 bits per heavy atom. The lowest BCUT2D eigenvalue weighted by Gasteiger charge is -2.21. The Labute approximate surface area is 104 Å². The van der Waals surface area contributed by atoms with Gasteiger partial charge in [-0.3, -0.25) is 4.79 Å². The van der Waals surface area contributed by atoms with E-state index in [4.69, 9.17) is 11.6 Å². The van der Waals surface area contributed by atoms with Gasteiger partial charge in [0.2, 0.25) is 5.91 Å². The Hall–Kier alpha value is -0.580. The van der Waals surface area contributed by atoms with E-state index in [1.165, 1.54) is 11.3 Å². The summed E-state index contributed by atoms with van der Waals surface area (Å²) in [6.45, 7) is 4.27. The average Bonchev–Trinajstić information content (AvgIpc) is 2.85. The van der Waals surface area contributed by atoms with Gasteiger partial charge in [-0.1, -0.05) is 11.6 Å². The van der Waals surface area contributed by atoms with Crippen molar-refractivity contribution in [2.75, 3.05) is 13.1 Å². The van der Waals surface area contributed by atoms with Gasteiger partial charge in [0.25, 0.3) is 0 Å². The third-order valence-corrected chi connectivity index (χ3v) is 4.20. The van der Waals surface area contributed by atoms with Crippen LogP contribution in [0.15, 0.2) is 12.1 Å². The monoisotopic (exact) mass is 258 g/mol. The van der Waals surface area contributed by atoms with Crippen LogP contribution in [0.1, 0.15) is 18.2 Å². The SMILES string of the molecule is CC1(C(=O)NCc2ccc(Cl)s2)CCNC1. The molecule has 0 saturated carbocycles. The molecule has 1 amide bonds. The number of halogens is 1. The fraction of sp³-hybridized carbons (Fsp3) is 0.545. The van der Waals surface area contributed by atoms with Crippen LogP contribution in [0.3, 0.4) is 0 Å². The number of nitrogens with one attached hydrogen (secondary N) is 2. The van der Waals surface area contributed by atoms with Crippen molar-refractivity contribution < 1.29 is 4.79 Å². The number of carbonyl (C=O) groups excluding carboxylic acids is 1. The first-order valence-corrected chi connectivity index (χ1v) is 6.53. The van der Waals surface area contributed by atoms with E-state index >= 15 is 0 Å². The summed E-state index contributed by atoms with van der Waals surface area (Å²) in [5.74, 6) is 0.127. The van der Waals surface area contributed by atoms with E-state index in [1.807, 2.05) is 19.1 Å². The van der Waals surface area contributed by atoms with Gasteiger partial charge < -0.3 is 10.6 Å². The van der Waals surface area contributed by atoms with Crippen LogP contribution in [0.5, 0.6) is 0 Å². The van der Waals surface area contributed by atoms with Crippen molar-refractivity contribution in [2.45, 2.75) is 19.9 Å². The molecule has 0 aromatic carbocycles. The van der Waals surface area contributed by atoms with Crippen molar-refractivity contribution in [1.29, 1.82) is 0 Å². The van der Waals surface area contributed by atoms with E-state index < -0.39 is 0 Å². The number of carbonyl (C=O) groups is 1. The quantitative estimate of drug-likeness (QED) is 0.871. The maximum atomic E-state index is 12.0. The molecule has 1 aromatic rings. The zero-order valence-corrected chi connectivity index (χ0v) is 10.8. The first-order valence-electron chi connectivity index (χ1n) is 5.33. The van der Waals surface area contributed by atoms with E-state index in [0.29, 0.717) is 6.54 Å². The van der Waals surface area contributed by atoms with Crippen LogP contribution < -0.4 is 10.6 Å². The Bertz CT molecular complexity index is 385. The first-order chi connectivity index (χ1) is 7.60. The predicted octanol–water partition coefficient (Wildman–Crippen LogP) is 2.02. The molecule has 0 spiro atoms. The Balaban J connectivity index is 1.88. The lowest BCUT2D eigenvalue weighted by Crippen LogP contribution is -2.39. The van der Waals surface area contributed by atoms with E-state index in [0.717, 1.165) is 28.7 Å². The maximum Gasteiger partial charge on any atom is 0.227 e. The minimum absolute atomic E-state index is 0.127. The molecule has 1 unspecified atom stereocenters. The van der Waals surface area contributed by atoms with Crippen molar-refractivity contribution in [3.63, 3.8) is 0 Å². The van der Waals surface area contributed by atoms with Gasteiger partial charge in [-0.25, -0.2) is 0 Å². The summed E-state index contributed by atoms with van der Waals surface area (Å²) >= 11 is 7.33. The van der Waals surface area contributed by atoms with Gasteiger partial charge in [0, 0.05) is 11.4 Å². The minimum atomic E-state index is -0.249. The van der Waals surface area contributed by atoms with Crippen LogP contribution in [-0.4, -0.2) is 19.0 Å². The third-order valence-electron chi connectivity index (χ3n) is 2.97. The van der Waals surface area contributed by atoms with Gasteiger partial charge >= 0.3 is 0 Å². The summed E-state index contributed by atoms with van der Waals surface area (Å²) in [7, 11) is 0. The normalized spacial score (nSPS) is 24.6. The summed E-state index contributed by atoms with van der Waals surface area (Å²) in [4.78, 5) is 13.1. The second-order valence-corrected chi connectivity index (χ2v) is 6.18. The highest BCUT2D eigenvalue weighted by Gasteiger charge is 2.35. The zero-order chi connectivity index (χ0) is 11.6. The standard InChI is InChI=1S/C11H15ClN2OS/c1-11(4-5-13-7-11)10(15)14-6-8-2-3-9(12)16-8/h2-3,13H,4-7H2,1H3,(H,14,15). The highest BCUT2D eigenvalue weighted by Crippen LogP contribution is 2.25. The largest absolute Gasteiger partial charge is 0.351 e. The minimum Gasteiger partial charge on any atom is -0.351 e. The van der Waals surface area contributed by atoms with Gasteiger partial charge in [0.1, 0.15) is 0 Å². The van der Waals surface area contributed by atoms with Gasteiger partial charge in [-0.2, -0.15) is 0 Å². The van der Waals surface area contributed by atoms with Crippen molar-refractivity contribution in [3.05, 3.63) is 21.3 Å². The fourth-order valence-corrected chi connectivity index (χ4v) is 2.87. The number of amides is 1. The fourth-order valence-electron chi connectivity index (χ4n) is 1.84. The summed E-state index contributed by atoms with van der Waals surface area (Å²) in [6.07, 6.45) is 0.907. The molecule has 0 aliphatic carbocycles. The third kappa shape index (κ3) is 2.56. The topological polar surface area (TPSA) is 41.1 Å². The molecule has 1 aliphatic heterocycles. The number of rotatable bonds is 3. The molecule has 0 bridgehead atoms. The molecule has 88 valence electrons. The molecule has 1 saturated heterocycles. The first kappa shape index (κ1) is 11.9. The van der Waals surface area contributed by atoms with E-state index in [-0.39, 0.29) is 11.3 Å². The highest BCUT2D eigenvalue weighted by molar-refractivity contribution is 7.16. The number of hydrogen-bond acceptors (Lipinski definition) is 3. The molecule has 1 atom stereocenters. The molecule has 2 N–H and O–H groups in total. The highest BCUT2D eigenvalue weighted by atomic mass is 35.5.